The van der Waals surface area contributed by atoms with Crippen LogP contribution in [0.4, 0.5) is 5.69 Å². The SMILES string of the molecule is C=C1C=NCCCN(CC2CCCCC2)CCCN(S(=O)(=O)c2ccc(N(C)C)cc2)C1. The zero-order valence-corrected chi connectivity index (χ0v) is 20.7. The van der Waals surface area contributed by atoms with Crippen molar-refractivity contribution in [1.29, 1.82) is 0 Å². The Morgan fingerprint density at radius 3 is 2.38 bits per heavy atom. The van der Waals surface area contributed by atoms with E-state index in [0.29, 0.717) is 11.4 Å². The Balaban J connectivity index is 1.72. The smallest absolute Gasteiger partial charge is 0.243 e. The highest BCUT2D eigenvalue weighted by Gasteiger charge is 2.25. The largest absolute Gasteiger partial charge is 0.378 e. The number of aliphatic imine (C=N–C) groups is 1. The first-order valence-corrected chi connectivity index (χ1v) is 13.5. The van der Waals surface area contributed by atoms with Crippen molar-refractivity contribution < 1.29 is 8.42 Å². The van der Waals surface area contributed by atoms with Crippen LogP contribution in [0.25, 0.3) is 0 Å². The van der Waals surface area contributed by atoms with Crippen molar-refractivity contribution in [2.75, 3.05) is 58.3 Å². The molecule has 0 radical (unpaired) electrons. The van der Waals surface area contributed by atoms with Crippen LogP contribution in [0.3, 0.4) is 0 Å². The maximum atomic E-state index is 13.4. The van der Waals surface area contributed by atoms with Gasteiger partial charge in [-0.2, -0.15) is 4.31 Å². The van der Waals surface area contributed by atoms with E-state index in [1.807, 2.05) is 31.1 Å². The summed E-state index contributed by atoms with van der Waals surface area (Å²) in [5.41, 5.74) is 1.71. The normalized spacial score (nSPS) is 21.1. The van der Waals surface area contributed by atoms with Gasteiger partial charge in [0.05, 0.1) is 4.90 Å². The fraction of sp³-hybridized carbons (Fsp3) is 0.640. The van der Waals surface area contributed by atoms with Gasteiger partial charge in [0.1, 0.15) is 0 Å². The summed E-state index contributed by atoms with van der Waals surface area (Å²) in [4.78, 5) is 9.35. The summed E-state index contributed by atoms with van der Waals surface area (Å²) in [5, 5.41) is 0. The predicted molar refractivity (Wildman–Crippen MR) is 134 cm³/mol. The second-order valence-corrected chi connectivity index (χ2v) is 11.4. The van der Waals surface area contributed by atoms with Gasteiger partial charge in [0.25, 0.3) is 0 Å². The molecule has 0 atom stereocenters. The van der Waals surface area contributed by atoms with E-state index in [2.05, 4.69) is 16.5 Å². The molecule has 1 aliphatic heterocycles. The molecule has 0 aromatic heterocycles. The molecule has 0 unspecified atom stereocenters. The quantitative estimate of drug-likeness (QED) is 0.665. The van der Waals surface area contributed by atoms with Crippen LogP contribution in [-0.4, -0.2) is 77.2 Å². The molecule has 1 aromatic rings. The van der Waals surface area contributed by atoms with Crippen molar-refractivity contribution in [1.82, 2.24) is 9.21 Å². The van der Waals surface area contributed by atoms with E-state index in [4.69, 9.17) is 0 Å². The van der Waals surface area contributed by atoms with Crippen LogP contribution in [0.15, 0.2) is 46.3 Å². The van der Waals surface area contributed by atoms with Gasteiger partial charge in [-0.3, -0.25) is 4.99 Å². The highest BCUT2D eigenvalue weighted by Crippen LogP contribution is 2.25. The second-order valence-electron chi connectivity index (χ2n) is 9.43. The number of benzene rings is 1. The van der Waals surface area contributed by atoms with E-state index < -0.39 is 10.0 Å². The lowest BCUT2D eigenvalue weighted by atomic mass is 9.89. The molecule has 0 saturated heterocycles. The molecule has 2 aliphatic rings. The molecule has 6 nitrogen and oxygen atoms in total. The van der Waals surface area contributed by atoms with Crippen molar-refractivity contribution in [2.24, 2.45) is 10.9 Å². The molecule has 1 aliphatic carbocycles. The van der Waals surface area contributed by atoms with Gasteiger partial charge >= 0.3 is 0 Å². The minimum atomic E-state index is -3.60. The lowest BCUT2D eigenvalue weighted by Gasteiger charge is -2.31. The zero-order valence-electron chi connectivity index (χ0n) is 19.9. The molecule has 1 fully saturated rings. The van der Waals surface area contributed by atoms with E-state index in [1.165, 1.54) is 32.1 Å². The lowest BCUT2D eigenvalue weighted by molar-refractivity contribution is 0.194. The molecule has 1 heterocycles. The van der Waals surface area contributed by atoms with Gasteiger partial charge in [-0.1, -0.05) is 25.8 Å². The number of sulfonamides is 1. The minimum Gasteiger partial charge on any atom is -0.378 e. The van der Waals surface area contributed by atoms with E-state index in [1.54, 1.807) is 22.7 Å². The van der Waals surface area contributed by atoms with Gasteiger partial charge in [-0.25, -0.2) is 8.42 Å². The summed E-state index contributed by atoms with van der Waals surface area (Å²) in [7, 11) is 0.296. The third-order valence-electron chi connectivity index (χ3n) is 6.53. The molecule has 0 N–H and O–H groups in total. The van der Waals surface area contributed by atoms with Crippen LogP contribution in [0.5, 0.6) is 0 Å². The molecule has 7 heteroatoms. The topological polar surface area (TPSA) is 56.2 Å². The van der Waals surface area contributed by atoms with Gasteiger partial charge in [-0.05, 0) is 74.5 Å². The van der Waals surface area contributed by atoms with E-state index >= 15 is 0 Å². The molecule has 0 spiro atoms. The van der Waals surface area contributed by atoms with E-state index in [0.717, 1.165) is 56.2 Å². The lowest BCUT2D eigenvalue weighted by Crippen LogP contribution is -2.38. The summed E-state index contributed by atoms with van der Waals surface area (Å²) in [6, 6.07) is 7.11. The Labute approximate surface area is 195 Å². The maximum absolute atomic E-state index is 13.4. The summed E-state index contributed by atoms with van der Waals surface area (Å²) in [6.07, 6.45) is 10.4. The molecule has 0 bridgehead atoms. The van der Waals surface area contributed by atoms with Crippen LogP contribution in [0, 0.1) is 5.92 Å². The standard InChI is InChI=1S/C25H40N4O2S/c1-22-19-26-15-7-16-28(21-23-9-5-4-6-10-23)17-8-18-29(20-22)32(30,31)25-13-11-24(12-14-25)27(2)3/h11-14,19,23H,1,4-10,15-18,20-21H2,2-3H3. The van der Waals surface area contributed by atoms with Gasteiger partial charge in [-0.15, -0.1) is 0 Å². The molecular weight excluding hydrogens is 420 g/mol. The van der Waals surface area contributed by atoms with Crippen LogP contribution >= 0.6 is 0 Å². The highest BCUT2D eigenvalue weighted by atomic mass is 32.2. The van der Waals surface area contributed by atoms with Gasteiger partial charge in [0, 0.05) is 52.2 Å². The van der Waals surface area contributed by atoms with Crippen molar-refractivity contribution in [3.63, 3.8) is 0 Å². The van der Waals surface area contributed by atoms with Crippen molar-refractivity contribution in [3.8, 4) is 0 Å². The number of hydrogen-bond donors (Lipinski definition) is 0. The van der Waals surface area contributed by atoms with Crippen LogP contribution in [-0.2, 0) is 10.0 Å². The predicted octanol–water partition coefficient (Wildman–Crippen LogP) is 4.05. The van der Waals surface area contributed by atoms with E-state index in [-0.39, 0.29) is 6.54 Å². The number of rotatable bonds is 5. The minimum absolute atomic E-state index is 0.282. The molecule has 178 valence electrons. The second kappa shape index (κ2) is 12.0. The molecule has 1 aromatic carbocycles. The maximum Gasteiger partial charge on any atom is 0.243 e. The third kappa shape index (κ3) is 7.15. The molecule has 1 saturated carbocycles. The van der Waals surface area contributed by atoms with Gasteiger partial charge < -0.3 is 9.80 Å². The summed E-state index contributed by atoms with van der Waals surface area (Å²) < 4.78 is 28.5. The van der Waals surface area contributed by atoms with Gasteiger partial charge in [0.15, 0.2) is 0 Å². The molecule has 3 rings (SSSR count). The van der Waals surface area contributed by atoms with Crippen LogP contribution in [0.1, 0.15) is 44.9 Å². The Bertz CT molecular complexity index is 858. The summed E-state index contributed by atoms with van der Waals surface area (Å²) in [6.45, 7) is 8.68. The average Bonchev–Trinajstić information content (AvgIpc) is 2.77. The Hall–Kier alpha value is -1.70. The first-order valence-electron chi connectivity index (χ1n) is 12.0. The monoisotopic (exact) mass is 460 g/mol. The van der Waals surface area contributed by atoms with E-state index in [9.17, 15) is 8.42 Å². The first kappa shape index (κ1) is 24.9. The Morgan fingerprint density at radius 2 is 1.69 bits per heavy atom. The Kier molecular flexibility index (Phi) is 9.32. The highest BCUT2D eigenvalue weighted by molar-refractivity contribution is 7.89. The number of anilines is 1. The van der Waals surface area contributed by atoms with Crippen molar-refractivity contribution in [2.45, 2.75) is 49.8 Å². The average molecular weight is 461 g/mol. The Morgan fingerprint density at radius 1 is 1.00 bits per heavy atom. The molecular formula is C25H40N4O2S. The number of hydrogen-bond acceptors (Lipinski definition) is 5. The third-order valence-corrected chi connectivity index (χ3v) is 8.39. The van der Waals surface area contributed by atoms with Crippen LogP contribution < -0.4 is 4.90 Å². The summed E-state index contributed by atoms with van der Waals surface area (Å²) >= 11 is 0. The number of nitrogens with zero attached hydrogens (tertiary/aromatic N) is 4. The van der Waals surface area contributed by atoms with Gasteiger partial charge in [0.2, 0.25) is 10.0 Å². The van der Waals surface area contributed by atoms with Crippen molar-refractivity contribution in [3.05, 3.63) is 36.4 Å². The first-order chi connectivity index (χ1) is 15.4. The molecule has 0 amide bonds. The summed E-state index contributed by atoms with van der Waals surface area (Å²) in [5.74, 6) is 0.787. The van der Waals surface area contributed by atoms with Crippen molar-refractivity contribution >= 4 is 21.9 Å². The zero-order chi connectivity index (χ0) is 23.0. The molecule has 32 heavy (non-hydrogen) atoms. The fourth-order valence-electron chi connectivity index (χ4n) is 4.70. The fourth-order valence-corrected chi connectivity index (χ4v) is 6.18. The van der Waals surface area contributed by atoms with Crippen LogP contribution in [0.2, 0.25) is 0 Å².